The summed E-state index contributed by atoms with van der Waals surface area (Å²) in [5.74, 6) is 0.287. The van der Waals surface area contributed by atoms with E-state index in [4.69, 9.17) is 11.0 Å². The summed E-state index contributed by atoms with van der Waals surface area (Å²) in [6, 6.07) is 6.12. The maximum Gasteiger partial charge on any atom is 0.293 e. The number of nitro groups is 1. The molecule has 1 unspecified atom stereocenters. The maximum atomic E-state index is 10.9. The Bertz CT molecular complexity index is 479. The van der Waals surface area contributed by atoms with Crippen molar-refractivity contribution in [3.05, 3.63) is 33.9 Å². The molecule has 0 heterocycles. The summed E-state index contributed by atoms with van der Waals surface area (Å²) >= 11 is 0. The van der Waals surface area contributed by atoms with Crippen LogP contribution in [-0.4, -0.2) is 17.5 Å². The SMILES string of the molecule is CC(C)C(N)CNc1ccc(C#N)cc1[N+](=O)[O-]. The maximum absolute atomic E-state index is 10.9. The van der Waals surface area contributed by atoms with Crippen LogP contribution in [0.15, 0.2) is 18.2 Å². The lowest BCUT2D eigenvalue weighted by Crippen LogP contribution is -2.34. The van der Waals surface area contributed by atoms with Crippen molar-refractivity contribution in [3.8, 4) is 6.07 Å². The number of benzene rings is 1. The Morgan fingerprint density at radius 1 is 1.56 bits per heavy atom. The molecule has 6 heteroatoms. The van der Waals surface area contributed by atoms with E-state index in [-0.39, 0.29) is 23.2 Å². The topological polar surface area (TPSA) is 105 Å². The second-order valence-corrected chi connectivity index (χ2v) is 4.39. The molecule has 1 atom stereocenters. The second-order valence-electron chi connectivity index (χ2n) is 4.39. The van der Waals surface area contributed by atoms with Crippen LogP contribution in [0.3, 0.4) is 0 Å². The Morgan fingerprint density at radius 2 is 2.22 bits per heavy atom. The Hall–Kier alpha value is -2.13. The van der Waals surface area contributed by atoms with E-state index in [1.807, 2.05) is 19.9 Å². The van der Waals surface area contributed by atoms with Gasteiger partial charge in [-0.15, -0.1) is 0 Å². The fraction of sp³-hybridized carbons (Fsp3) is 0.417. The Kier molecular flexibility index (Phi) is 4.63. The molecule has 3 N–H and O–H groups in total. The molecule has 0 aliphatic heterocycles. The zero-order valence-corrected chi connectivity index (χ0v) is 10.4. The first-order chi connectivity index (χ1) is 8.45. The van der Waals surface area contributed by atoms with Crippen LogP contribution in [0.25, 0.3) is 0 Å². The van der Waals surface area contributed by atoms with Gasteiger partial charge in [-0.1, -0.05) is 13.8 Å². The summed E-state index contributed by atoms with van der Waals surface area (Å²) < 4.78 is 0. The fourth-order valence-corrected chi connectivity index (χ4v) is 1.37. The number of anilines is 1. The van der Waals surface area contributed by atoms with Crippen LogP contribution in [0, 0.1) is 27.4 Å². The third kappa shape index (κ3) is 3.43. The first-order valence-corrected chi connectivity index (χ1v) is 5.63. The molecule has 96 valence electrons. The zero-order valence-electron chi connectivity index (χ0n) is 10.4. The highest BCUT2D eigenvalue weighted by Crippen LogP contribution is 2.25. The summed E-state index contributed by atoms with van der Waals surface area (Å²) in [6.07, 6.45) is 0. The molecule has 0 saturated carbocycles. The minimum absolute atomic E-state index is 0.0831. The number of hydrogen-bond donors (Lipinski definition) is 2. The van der Waals surface area contributed by atoms with Crippen molar-refractivity contribution in [2.45, 2.75) is 19.9 Å². The number of nitrogens with one attached hydrogen (secondary N) is 1. The van der Waals surface area contributed by atoms with Gasteiger partial charge in [-0.2, -0.15) is 5.26 Å². The lowest BCUT2D eigenvalue weighted by atomic mass is 10.1. The molecule has 0 amide bonds. The van der Waals surface area contributed by atoms with Crippen LogP contribution in [0.1, 0.15) is 19.4 Å². The van der Waals surface area contributed by atoms with Crippen LogP contribution in [-0.2, 0) is 0 Å². The van der Waals surface area contributed by atoms with E-state index >= 15 is 0 Å². The molecule has 18 heavy (non-hydrogen) atoms. The minimum Gasteiger partial charge on any atom is -0.378 e. The predicted molar refractivity (Wildman–Crippen MR) is 69.1 cm³/mol. The smallest absolute Gasteiger partial charge is 0.293 e. The quantitative estimate of drug-likeness (QED) is 0.611. The van der Waals surface area contributed by atoms with E-state index in [1.165, 1.54) is 18.2 Å². The number of rotatable bonds is 5. The molecule has 0 radical (unpaired) electrons. The lowest BCUT2D eigenvalue weighted by Gasteiger charge is -2.16. The molecular formula is C12H16N4O2. The minimum atomic E-state index is -0.510. The van der Waals surface area contributed by atoms with Gasteiger partial charge in [0.05, 0.1) is 16.6 Å². The van der Waals surface area contributed by atoms with E-state index in [1.54, 1.807) is 0 Å². The first kappa shape index (κ1) is 13.9. The summed E-state index contributed by atoms with van der Waals surface area (Å²) in [4.78, 5) is 10.4. The van der Waals surface area contributed by atoms with Crippen molar-refractivity contribution < 1.29 is 4.92 Å². The molecule has 0 aliphatic rings. The average Bonchev–Trinajstić information content (AvgIpc) is 2.35. The van der Waals surface area contributed by atoms with Crippen molar-refractivity contribution in [2.75, 3.05) is 11.9 Å². The van der Waals surface area contributed by atoms with E-state index in [2.05, 4.69) is 5.32 Å². The number of hydrogen-bond acceptors (Lipinski definition) is 5. The van der Waals surface area contributed by atoms with Crippen molar-refractivity contribution in [2.24, 2.45) is 11.7 Å². The molecule has 0 saturated heterocycles. The molecule has 1 aromatic carbocycles. The fourth-order valence-electron chi connectivity index (χ4n) is 1.37. The van der Waals surface area contributed by atoms with Crippen molar-refractivity contribution in [3.63, 3.8) is 0 Å². The van der Waals surface area contributed by atoms with Crippen molar-refractivity contribution in [1.82, 2.24) is 0 Å². The molecule has 0 spiro atoms. The highest BCUT2D eigenvalue weighted by molar-refractivity contribution is 5.64. The molecule has 0 aromatic heterocycles. The standard InChI is InChI=1S/C12H16N4O2/c1-8(2)10(14)7-15-11-4-3-9(6-13)5-12(11)16(17)18/h3-5,8,10,15H,7,14H2,1-2H3. The Morgan fingerprint density at radius 3 is 2.72 bits per heavy atom. The summed E-state index contributed by atoms with van der Waals surface area (Å²) in [7, 11) is 0. The van der Waals surface area contributed by atoms with Crippen LogP contribution in [0.2, 0.25) is 0 Å². The Balaban J connectivity index is 2.89. The van der Waals surface area contributed by atoms with Gasteiger partial charge in [-0.05, 0) is 18.1 Å². The van der Waals surface area contributed by atoms with Gasteiger partial charge in [0, 0.05) is 18.7 Å². The molecule has 6 nitrogen and oxygen atoms in total. The van der Waals surface area contributed by atoms with E-state index < -0.39 is 4.92 Å². The van der Waals surface area contributed by atoms with E-state index in [9.17, 15) is 10.1 Å². The van der Waals surface area contributed by atoms with Gasteiger partial charge < -0.3 is 11.1 Å². The van der Waals surface area contributed by atoms with Gasteiger partial charge in [-0.25, -0.2) is 0 Å². The normalized spacial score (nSPS) is 11.9. The zero-order chi connectivity index (χ0) is 13.7. The molecule has 0 fully saturated rings. The Labute approximate surface area is 106 Å². The van der Waals surface area contributed by atoms with Gasteiger partial charge in [0.1, 0.15) is 5.69 Å². The van der Waals surface area contributed by atoms with Gasteiger partial charge in [0.25, 0.3) is 5.69 Å². The molecule has 0 bridgehead atoms. The molecular weight excluding hydrogens is 232 g/mol. The molecule has 0 aliphatic carbocycles. The summed E-state index contributed by atoms with van der Waals surface area (Å²) in [5.41, 5.74) is 6.40. The van der Waals surface area contributed by atoms with Gasteiger partial charge in [0.2, 0.25) is 0 Å². The average molecular weight is 248 g/mol. The van der Waals surface area contributed by atoms with Gasteiger partial charge in [0.15, 0.2) is 0 Å². The lowest BCUT2D eigenvalue weighted by molar-refractivity contribution is -0.384. The van der Waals surface area contributed by atoms with Crippen LogP contribution in [0.4, 0.5) is 11.4 Å². The summed E-state index contributed by atoms with van der Waals surface area (Å²) in [5, 5.41) is 22.6. The predicted octanol–water partition coefficient (Wildman–Crippen LogP) is 1.86. The number of nitriles is 1. The van der Waals surface area contributed by atoms with Crippen LogP contribution in [0.5, 0.6) is 0 Å². The van der Waals surface area contributed by atoms with E-state index in [0.29, 0.717) is 12.2 Å². The third-order valence-electron chi connectivity index (χ3n) is 2.71. The number of nitrogens with two attached hydrogens (primary N) is 1. The van der Waals surface area contributed by atoms with Crippen LogP contribution < -0.4 is 11.1 Å². The molecule has 1 aromatic rings. The largest absolute Gasteiger partial charge is 0.378 e. The monoisotopic (exact) mass is 248 g/mol. The number of nitro benzene ring substituents is 1. The highest BCUT2D eigenvalue weighted by atomic mass is 16.6. The third-order valence-corrected chi connectivity index (χ3v) is 2.71. The highest BCUT2D eigenvalue weighted by Gasteiger charge is 2.16. The second kappa shape index (κ2) is 5.98. The first-order valence-electron chi connectivity index (χ1n) is 5.63. The van der Waals surface area contributed by atoms with Crippen molar-refractivity contribution in [1.29, 1.82) is 5.26 Å². The van der Waals surface area contributed by atoms with Crippen LogP contribution >= 0.6 is 0 Å². The van der Waals surface area contributed by atoms with Crippen molar-refractivity contribution >= 4 is 11.4 Å². The number of nitrogens with zero attached hydrogens (tertiary/aromatic N) is 2. The van der Waals surface area contributed by atoms with Gasteiger partial charge in [-0.3, -0.25) is 10.1 Å². The molecule has 1 rings (SSSR count). The van der Waals surface area contributed by atoms with E-state index in [0.717, 1.165) is 0 Å². The summed E-state index contributed by atoms with van der Waals surface area (Å²) in [6.45, 7) is 4.42. The van der Waals surface area contributed by atoms with Gasteiger partial charge >= 0.3 is 0 Å².